The highest BCUT2D eigenvalue weighted by Gasteiger charge is 2.18. The van der Waals surface area contributed by atoms with Crippen molar-refractivity contribution in [1.82, 2.24) is 14.6 Å². The van der Waals surface area contributed by atoms with Gasteiger partial charge in [0.15, 0.2) is 0 Å². The molecule has 0 aliphatic carbocycles. The van der Waals surface area contributed by atoms with Gasteiger partial charge in [0.1, 0.15) is 0 Å². The summed E-state index contributed by atoms with van der Waals surface area (Å²) in [6.07, 6.45) is 3.98. The van der Waals surface area contributed by atoms with E-state index in [-0.39, 0.29) is 4.90 Å². The summed E-state index contributed by atoms with van der Waals surface area (Å²) in [5.74, 6) is 0. The summed E-state index contributed by atoms with van der Waals surface area (Å²) in [6.45, 7) is 5.14. The molecule has 2 N–H and O–H groups in total. The summed E-state index contributed by atoms with van der Waals surface area (Å²) in [7, 11) is -3.50. The summed E-state index contributed by atoms with van der Waals surface area (Å²) < 4.78 is 27.4. The smallest absolute Gasteiger partial charge is 0.240 e. The summed E-state index contributed by atoms with van der Waals surface area (Å²) in [5, 5.41) is 2.43. The first-order valence-electron chi connectivity index (χ1n) is 10.3. The van der Waals surface area contributed by atoms with Crippen molar-refractivity contribution < 1.29 is 8.42 Å². The number of hydrogen-bond acceptors (Lipinski definition) is 3. The number of H-pyrrole nitrogens is 1. The Kier molecular flexibility index (Phi) is 6.74. The van der Waals surface area contributed by atoms with Crippen molar-refractivity contribution in [1.29, 1.82) is 0 Å². The number of nitrogens with one attached hydrogen (secondary N) is 2. The van der Waals surface area contributed by atoms with E-state index in [2.05, 4.69) is 27.6 Å². The summed E-state index contributed by atoms with van der Waals surface area (Å²) in [4.78, 5) is 6.03. The zero-order chi connectivity index (χ0) is 22.0. The number of aromatic amines is 1. The van der Waals surface area contributed by atoms with Crippen molar-refractivity contribution in [3.8, 4) is 0 Å². The molecule has 8 heteroatoms. The van der Waals surface area contributed by atoms with Crippen LogP contribution in [-0.4, -0.2) is 44.5 Å². The fourth-order valence-electron chi connectivity index (χ4n) is 4.06. The van der Waals surface area contributed by atoms with Gasteiger partial charge >= 0.3 is 0 Å². The predicted molar refractivity (Wildman–Crippen MR) is 128 cm³/mol. The molecule has 0 atom stereocenters. The first kappa shape index (κ1) is 22.4. The number of nitrogens with zero attached hydrogens (tertiary/aromatic N) is 1. The van der Waals surface area contributed by atoms with E-state index in [9.17, 15) is 8.42 Å². The molecule has 2 heterocycles. The van der Waals surface area contributed by atoms with Gasteiger partial charge in [0, 0.05) is 51.8 Å². The van der Waals surface area contributed by atoms with E-state index in [1.807, 2.05) is 18.2 Å². The molecule has 1 aliphatic heterocycles. The van der Waals surface area contributed by atoms with E-state index in [0.29, 0.717) is 11.6 Å². The molecule has 3 aromatic rings. The lowest BCUT2D eigenvalue weighted by atomic mass is 9.96. The van der Waals surface area contributed by atoms with Gasteiger partial charge in [0.05, 0.1) is 4.90 Å². The molecule has 2 aromatic carbocycles. The number of halogens is 2. The molecule has 4 rings (SSSR count). The summed E-state index contributed by atoms with van der Waals surface area (Å²) in [5.41, 5.74) is 4.86. The van der Waals surface area contributed by atoms with Gasteiger partial charge in [-0.1, -0.05) is 29.3 Å². The number of rotatable bonds is 7. The molecule has 0 bridgehead atoms. The van der Waals surface area contributed by atoms with Gasteiger partial charge in [-0.15, -0.1) is 0 Å². The second-order valence-corrected chi connectivity index (χ2v) is 10.4. The largest absolute Gasteiger partial charge is 0.358 e. The molecule has 5 nitrogen and oxygen atoms in total. The third kappa shape index (κ3) is 5.16. The monoisotopic (exact) mass is 477 g/mol. The van der Waals surface area contributed by atoms with E-state index >= 15 is 0 Å². The molecule has 0 radical (unpaired) electrons. The lowest BCUT2D eigenvalue weighted by Gasteiger charge is -2.26. The van der Waals surface area contributed by atoms with Gasteiger partial charge in [-0.3, -0.25) is 4.90 Å². The van der Waals surface area contributed by atoms with Crippen LogP contribution in [0.15, 0.2) is 53.4 Å². The van der Waals surface area contributed by atoms with Gasteiger partial charge in [0.2, 0.25) is 10.0 Å². The second kappa shape index (κ2) is 9.35. The Morgan fingerprint density at radius 2 is 1.84 bits per heavy atom. The van der Waals surface area contributed by atoms with Crippen LogP contribution in [0.3, 0.4) is 0 Å². The van der Waals surface area contributed by atoms with E-state index in [0.717, 1.165) is 48.7 Å². The number of aryl methyl sites for hydroxylation is 1. The van der Waals surface area contributed by atoms with Crippen LogP contribution in [0, 0.1) is 6.92 Å². The highest BCUT2D eigenvalue weighted by atomic mass is 35.5. The third-order valence-corrected chi connectivity index (χ3v) is 7.59. The van der Waals surface area contributed by atoms with Gasteiger partial charge in [-0.05, 0) is 74.3 Å². The van der Waals surface area contributed by atoms with Crippen LogP contribution in [0.5, 0.6) is 0 Å². The van der Waals surface area contributed by atoms with Gasteiger partial charge in [-0.25, -0.2) is 13.1 Å². The SMILES string of the molecule is Cc1[nH]c2ccc(Cl)cc2c1C1=CCN(CCCNS(=O)(=O)c2ccc(Cl)cc2)CC1. The molecule has 1 aromatic heterocycles. The number of aromatic nitrogens is 1. The number of benzene rings is 2. The number of hydrogen-bond donors (Lipinski definition) is 2. The highest BCUT2D eigenvalue weighted by Crippen LogP contribution is 2.33. The average molecular weight is 478 g/mol. The van der Waals surface area contributed by atoms with Crippen LogP contribution in [0.4, 0.5) is 0 Å². The van der Waals surface area contributed by atoms with Crippen molar-refractivity contribution in [2.45, 2.75) is 24.7 Å². The zero-order valence-electron chi connectivity index (χ0n) is 17.3. The third-order valence-electron chi connectivity index (χ3n) is 5.63. The molecule has 0 amide bonds. The van der Waals surface area contributed by atoms with Gasteiger partial charge < -0.3 is 4.98 Å². The maximum Gasteiger partial charge on any atom is 0.240 e. The Morgan fingerprint density at radius 1 is 1.10 bits per heavy atom. The highest BCUT2D eigenvalue weighted by molar-refractivity contribution is 7.89. The molecule has 0 saturated heterocycles. The Labute approximate surface area is 193 Å². The van der Waals surface area contributed by atoms with E-state index in [1.54, 1.807) is 12.1 Å². The van der Waals surface area contributed by atoms with Gasteiger partial charge in [-0.2, -0.15) is 0 Å². The molecule has 31 heavy (non-hydrogen) atoms. The normalized spacial score (nSPS) is 15.4. The average Bonchev–Trinajstić information content (AvgIpc) is 3.07. The first-order chi connectivity index (χ1) is 14.8. The Morgan fingerprint density at radius 3 is 2.55 bits per heavy atom. The van der Waals surface area contributed by atoms with Crippen molar-refractivity contribution in [3.05, 3.63) is 69.8 Å². The van der Waals surface area contributed by atoms with Crippen LogP contribution in [-0.2, 0) is 10.0 Å². The molecular weight excluding hydrogens is 453 g/mol. The Hall–Kier alpha value is -1.83. The van der Waals surface area contributed by atoms with E-state index < -0.39 is 10.0 Å². The summed E-state index contributed by atoms with van der Waals surface area (Å²) in [6, 6.07) is 12.1. The van der Waals surface area contributed by atoms with Crippen LogP contribution in [0.25, 0.3) is 16.5 Å². The maximum atomic E-state index is 12.3. The van der Waals surface area contributed by atoms with Crippen LogP contribution in [0.1, 0.15) is 24.1 Å². The summed E-state index contributed by atoms with van der Waals surface area (Å²) >= 11 is 12.0. The quantitative estimate of drug-likeness (QED) is 0.457. The Bertz CT molecular complexity index is 1220. The lowest BCUT2D eigenvalue weighted by molar-refractivity contribution is 0.298. The predicted octanol–water partition coefficient (Wildman–Crippen LogP) is 5.24. The molecule has 0 fully saturated rings. The number of fused-ring (bicyclic) bond motifs is 1. The van der Waals surface area contributed by atoms with E-state index in [1.165, 1.54) is 28.7 Å². The molecule has 0 saturated carbocycles. The van der Waals surface area contributed by atoms with Crippen molar-refractivity contribution >= 4 is 49.7 Å². The van der Waals surface area contributed by atoms with Crippen LogP contribution < -0.4 is 4.72 Å². The minimum atomic E-state index is -3.50. The molecule has 1 aliphatic rings. The molecule has 0 spiro atoms. The first-order valence-corrected chi connectivity index (χ1v) is 12.5. The number of sulfonamides is 1. The van der Waals surface area contributed by atoms with E-state index in [4.69, 9.17) is 23.2 Å². The van der Waals surface area contributed by atoms with Gasteiger partial charge in [0.25, 0.3) is 0 Å². The molecule has 0 unspecified atom stereocenters. The Balaban J connectivity index is 1.32. The minimum Gasteiger partial charge on any atom is -0.358 e. The topological polar surface area (TPSA) is 65.2 Å². The molecular formula is C23H25Cl2N3O2S. The standard InChI is InChI=1S/C23H25Cl2N3O2S/c1-16-23(21-15-19(25)5-8-22(21)27-16)17-9-13-28(14-10-17)12-2-11-26-31(29,30)20-6-3-18(24)4-7-20/h3-9,15,26-27H,2,10-14H2,1H3. The zero-order valence-corrected chi connectivity index (χ0v) is 19.6. The molecule has 164 valence electrons. The van der Waals surface area contributed by atoms with Crippen molar-refractivity contribution in [2.75, 3.05) is 26.2 Å². The maximum absolute atomic E-state index is 12.3. The minimum absolute atomic E-state index is 0.233. The van der Waals surface area contributed by atoms with Crippen molar-refractivity contribution in [3.63, 3.8) is 0 Å². The van der Waals surface area contributed by atoms with Crippen molar-refractivity contribution in [2.24, 2.45) is 0 Å². The second-order valence-electron chi connectivity index (χ2n) is 7.80. The fraction of sp³-hybridized carbons (Fsp3) is 0.304. The lowest BCUT2D eigenvalue weighted by Crippen LogP contribution is -2.32. The van der Waals surface area contributed by atoms with Crippen LogP contribution in [0.2, 0.25) is 10.0 Å². The van der Waals surface area contributed by atoms with Crippen LogP contribution >= 0.6 is 23.2 Å². The fourth-order valence-corrected chi connectivity index (χ4v) is 5.43.